The highest BCUT2D eigenvalue weighted by Gasteiger charge is 2.20. The van der Waals surface area contributed by atoms with Gasteiger partial charge >= 0.3 is 0 Å². The molecule has 21 heavy (non-hydrogen) atoms. The van der Waals surface area contributed by atoms with Gasteiger partial charge in [-0.3, -0.25) is 4.79 Å². The average molecular weight is 306 g/mol. The van der Waals surface area contributed by atoms with Crippen LogP contribution >= 0.6 is 11.8 Å². The molecular formula is C17H26N2OS. The first-order valence-corrected chi connectivity index (χ1v) is 8.75. The number of benzene rings is 1. The minimum atomic E-state index is -0.127. The lowest BCUT2D eigenvalue weighted by Gasteiger charge is -2.18. The van der Waals surface area contributed by atoms with E-state index in [1.807, 2.05) is 37.7 Å². The van der Waals surface area contributed by atoms with Gasteiger partial charge in [0.15, 0.2) is 0 Å². The largest absolute Gasteiger partial charge is 0.330 e. The van der Waals surface area contributed by atoms with Crippen LogP contribution in [-0.4, -0.2) is 17.7 Å². The Kier molecular flexibility index (Phi) is 6.12. The highest BCUT2D eigenvalue weighted by atomic mass is 32.2. The van der Waals surface area contributed by atoms with Crippen molar-refractivity contribution < 1.29 is 4.79 Å². The van der Waals surface area contributed by atoms with E-state index in [2.05, 4.69) is 17.4 Å². The van der Waals surface area contributed by atoms with Crippen LogP contribution in [-0.2, 0) is 4.79 Å². The topological polar surface area (TPSA) is 55.1 Å². The van der Waals surface area contributed by atoms with E-state index in [0.29, 0.717) is 6.54 Å². The number of thioether (sulfide) groups is 1. The van der Waals surface area contributed by atoms with Crippen LogP contribution in [0.25, 0.3) is 0 Å². The van der Waals surface area contributed by atoms with Crippen LogP contribution in [0.2, 0.25) is 0 Å². The van der Waals surface area contributed by atoms with E-state index in [9.17, 15) is 4.79 Å². The molecule has 1 amide bonds. The molecule has 0 aromatic heterocycles. The van der Waals surface area contributed by atoms with Gasteiger partial charge in [0.2, 0.25) is 5.91 Å². The number of hydrogen-bond acceptors (Lipinski definition) is 3. The fourth-order valence-corrected chi connectivity index (χ4v) is 3.98. The van der Waals surface area contributed by atoms with Gasteiger partial charge in [0, 0.05) is 22.4 Å². The van der Waals surface area contributed by atoms with Crippen LogP contribution in [0.3, 0.4) is 0 Å². The SMILES string of the molecule is CC(C)C(CN)C(=O)Nc1ccc(SC2CCCC2)cc1. The summed E-state index contributed by atoms with van der Waals surface area (Å²) in [7, 11) is 0. The van der Waals surface area contributed by atoms with Gasteiger partial charge in [-0.1, -0.05) is 26.7 Å². The van der Waals surface area contributed by atoms with E-state index in [-0.39, 0.29) is 17.7 Å². The van der Waals surface area contributed by atoms with Gasteiger partial charge in [-0.25, -0.2) is 0 Å². The molecule has 1 aromatic rings. The van der Waals surface area contributed by atoms with Crippen molar-refractivity contribution in [1.82, 2.24) is 0 Å². The molecule has 2 rings (SSSR count). The number of hydrogen-bond donors (Lipinski definition) is 2. The van der Waals surface area contributed by atoms with Gasteiger partial charge in [-0.15, -0.1) is 11.8 Å². The summed E-state index contributed by atoms with van der Waals surface area (Å²) in [5.41, 5.74) is 6.54. The molecule has 1 unspecified atom stereocenters. The van der Waals surface area contributed by atoms with Crippen LogP contribution in [0, 0.1) is 11.8 Å². The lowest BCUT2D eigenvalue weighted by molar-refractivity contribution is -0.120. The van der Waals surface area contributed by atoms with E-state index in [1.54, 1.807) is 0 Å². The van der Waals surface area contributed by atoms with Crippen LogP contribution < -0.4 is 11.1 Å². The summed E-state index contributed by atoms with van der Waals surface area (Å²) in [6.07, 6.45) is 5.38. The molecule has 1 aromatic carbocycles. The number of carbonyl (C=O) groups excluding carboxylic acids is 1. The maximum Gasteiger partial charge on any atom is 0.229 e. The fraction of sp³-hybridized carbons (Fsp3) is 0.588. The van der Waals surface area contributed by atoms with E-state index in [0.717, 1.165) is 10.9 Å². The Morgan fingerprint density at radius 3 is 2.43 bits per heavy atom. The first-order valence-electron chi connectivity index (χ1n) is 7.88. The molecule has 0 aliphatic heterocycles. The minimum absolute atomic E-state index is 0.0173. The van der Waals surface area contributed by atoms with Gasteiger partial charge in [0.05, 0.1) is 5.92 Å². The quantitative estimate of drug-likeness (QED) is 0.838. The average Bonchev–Trinajstić information content (AvgIpc) is 2.94. The monoisotopic (exact) mass is 306 g/mol. The molecule has 1 aliphatic carbocycles. The Morgan fingerprint density at radius 2 is 1.90 bits per heavy atom. The highest BCUT2D eigenvalue weighted by molar-refractivity contribution is 8.00. The molecule has 1 aliphatic rings. The van der Waals surface area contributed by atoms with Crippen molar-refractivity contribution in [3.8, 4) is 0 Å². The van der Waals surface area contributed by atoms with Crippen LogP contribution in [0.4, 0.5) is 5.69 Å². The van der Waals surface area contributed by atoms with E-state index >= 15 is 0 Å². The van der Waals surface area contributed by atoms with Gasteiger partial charge in [-0.05, 0) is 43.0 Å². The third-order valence-electron chi connectivity index (χ3n) is 4.12. The molecule has 0 bridgehead atoms. The Labute approximate surface area is 132 Å². The maximum atomic E-state index is 12.2. The second-order valence-corrected chi connectivity index (χ2v) is 7.50. The fourth-order valence-electron chi connectivity index (χ4n) is 2.73. The van der Waals surface area contributed by atoms with Crippen molar-refractivity contribution >= 4 is 23.4 Å². The molecule has 0 saturated heterocycles. The Hall–Kier alpha value is -1.00. The predicted octanol–water partition coefficient (Wildman–Crippen LogP) is 3.89. The predicted molar refractivity (Wildman–Crippen MR) is 90.6 cm³/mol. The van der Waals surface area contributed by atoms with Crippen LogP contribution in [0.5, 0.6) is 0 Å². The smallest absolute Gasteiger partial charge is 0.229 e. The zero-order chi connectivity index (χ0) is 15.2. The third kappa shape index (κ3) is 4.75. The molecule has 0 spiro atoms. The molecule has 1 atom stereocenters. The highest BCUT2D eigenvalue weighted by Crippen LogP contribution is 2.34. The number of nitrogens with one attached hydrogen (secondary N) is 1. The second kappa shape index (κ2) is 7.85. The second-order valence-electron chi connectivity index (χ2n) is 6.12. The lowest BCUT2D eigenvalue weighted by atomic mass is 9.95. The normalized spacial score (nSPS) is 17.1. The molecule has 116 valence electrons. The van der Waals surface area contributed by atoms with Crippen molar-refractivity contribution in [2.75, 3.05) is 11.9 Å². The molecule has 4 heteroatoms. The molecular weight excluding hydrogens is 280 g/mol. The molecule has 1 fully saturated rings. The Morgan fingerprint density at radius 1 is 1.29 bits per heavy atom. The summed E-state index contributed by atoms with van der Waals surface area (Å²) in [6.45, 7) is 4.44. The first-order chi connectivity index (χ1) is 10.1. The van der Waals surface area contributed by atoms with Crippen molar-refractivity contribution in [3.63, 3.8) is 0 Å². The standard InChI is InChI=1S/C17H26N2OS/c1-12(2)16(11-18)17(20)19-13-7-9-15(10-8-13)21-14-5-3-4-6-14/h7-10,12,14,16H,3-6,11,18H2,1-2H3,(H,19,20). The van der Waals surface area contributed by atoms with E-state index in [1.165, 1.54) is 30.6 Å². The van der Waals surface area contributed by atoms with Crippen molar-refractivity contribution in [2.24, 2.45) is 17.6 Å². The van der Waals surface area contributed by atoms with Gasteiger partial charge in [0.25, 0.3) is 0 Å². The van der Waals surface area contributed by atoms with Crippen molar-refractivity contribution in [1.29, 1.82) is 0 Å². The van der Waals surface area contributed by atoms with Crippen molar-refractivity contribution in [3.05, 3.63) is 24.3 Å². The van der Waals surface area contributed by atoms with Crippen LogP contribution in [0.15, 0.2) is 29.2 Å². The number of rotatable bonds is 6. The van der Waals surface area contributed by atoms with E-state index in [4.69, 9.17) is 5.73 Å². The third-order valence-corrected chi connectivity index (χ3v) is 5.47. The Bertz CT molecular complexity index is 452. The summed E-state index contributed by atoms with van der Waals surface area (Å²) in [5, 5.41) is 3.74. The lowest BCUT2D eigenvalue weighted by Crippen LogP contribution is -2.33. The summed E-state index contributed by atoms with van der Waals surface area (Å²) >= 11 is 1.96. The summed E-state index contributed by atoms with van der Waals surface area (Å²) in [5.74, 6) is 0.147. The zero-order valence-corrected chi connectivity index (χ0v) is 13.8. The molecule has 3 N–H and O–H groups in total. The van der Waals surface area contributed by atoms with Crippen LogP contribution in [0.1, 0.15) is 39.5 Å². The zero-order valence-electron chi connectivity index (χ0n) is 13.0. The molecule has 0 heterocycles. The summed E-state index contributed by atoms with van der Waals surface area (Å²) in [6, 6.07) is 8.18. The molecule has 0 radical (unpaired) electrons. The maximum absolute atomic E-state index is 12.2. The van der Waals surface area contributed by atoms with E-state index < -0.39 is 0 Å². The first kappa shape index (κ1) is 16.4. The minimum Gasteiger partial charge on any atom is -0.330 e. The number of amides is 1. The molecule has 3 nitrogen and oxygen atoms in total. The van der Waals surface area contributed by atoms with Gasteiger partial charge in [0.1, 0.15) is 0 Å². The van der Waals surface area contributed by atoms with Crippen molar-refractivity contribution in [2.45, 2.75) is 49.7 Å². The Balaban J connectivity index is 1.90. The van der Waals surface area contributed by atoms with Gasteiger partial charge < -0.3 is 11.1 Å². The number of anilines is 1. The summed E-state index contributed by atoms with van der Waals surface area (Å²) in [4.78, 5) is 13.4. The summed E-state index contributed by atoms with van der Waals surface area (Å²) < 4.78 is 0. The number of carbonyl (C=O) groups is 1. The number of nitrogens with two attached hydrogens (primary N) is 1. The van der Waals surface area contributed by atoms with Gasteiger partial charge in [-0.2, -0.15) is 0 Å². The molecule has 1 saturated carbocycles.